The van der Waals surface area contributed by atoms with Gasteiger partial charge >= 0.3 is 0 Å². The lowest BCUT2D eigenvalue weighted by atomic mass is 10.1. The number of nitrogens with zero attached hydrogens (tertiary/aromatic N) is 2. The second-order valence-electron chi connectivity index (χ2n) is 6.30. The van der Waals surface area contributed by atoms with Gasteiger partial charge < -0.3 is 4.74 Å². The van der Waals surface area contributed by atoms with Crippen LogP contribution in [0, 0.1) is 20.8 Å². The number of aryl methyl sites for hydroxylation is 3. The molecule has 0 aliphatic rings. The number of hydrogen-bond acceptors (Lipinski definition) is 6. The number of anilines is 1. The fraction of sp³-hybridized carbons (Fsp3) is 0.250. The third-order valence-corrected chi connectivity index (χ3v) is 6.66. The molecule has 1 aromatic heterocycles. The highest BCUT2D eigenvalue weighted by molar-refractivity contribution is 8.00. The first kappa shape index (κ1) is 20.6. The molecule has 0 saturated carbocycles. The minimum absolute atomic E-state index is 0.105. The number of aromatic nitrogens is 2. The van der Waals surface area contributed by atoms with Crippen LogP contribution in [0.3, 0.4) is 0 Å². The maximum absolute atomic E-state index is 12.1. The molecule has 3 rings (SSSR count). The largest absolute Gasteiger partial charge is 0.484 e. The van der Waals surface area contributed by atoms with Crippen molar-refractivity contribution in [1.29, 1.82) is 0 Å². The molecule has 2 aromatic carbocycles. The quantitative estimate of drug-likeness (QED) is 0.397. The van der Waals surface area contributed by atoms with Gasteiger partial charge in [-0.25, -0.2) is 0 Å². The van der Waals surface area contributed by atoms with E-state index in [1.54, 1.807) is 11.8 Å². The van der Waals surface area contributed by atoms with Crippen molar-refractivity contribution >= 4 is 45.7 Å². The van der Waals surface area contributed by atoms with Gasteiger partial charge in [-0.3, -0.25) is 10.1 Å². The van der Waals surface area contributed by atoms with E-state index in [9.17, 15) is 4.79 Å². The number of amides is 1. The summed E-state index contributed by atoms with van der Waals surface area (Å²) in [6, 6.07) is 11.9. The molecule has 0 radical (unpaired) electrons. The first-order valence-corrected chi connectivity index (χ1v) is 10.8. The average Bonchev–Trinajstić information content (AvgIpc) is 3.11. The number of hydrogen-bond donors (Lipinski definition) is 1. The van der Waals surface area contributed by atoms with E-state index in [0.717, 1.165) is 21.2 Å². The van der Waals surface area contributed by atoms with E-state index in [1.807, 2.05) is 38.1 Å². The number of carbonyl (C=O) groups excluding carboxylic acids is 1. The number of ether oxygens (including phenoxy) is 1. The van der Waals surface area contributed by atoms with E-state index >= 15 is 0 Å². The SMILES string of the molecule is Cc1ccccc1CSc1nnc(NC(=O)COc2cc(C)c(Cl)c(C)c2)s1. The van der Waals surface area contributed by atoms with Crippen LogP contribution in [0.2, 0.25) is 5.02 Å². The Balaban J connectivity index is 1.50. The molecule has 5 nitrogen and oxygen atoms in total. The monoisotopic (exact) mass is 433 g/mol. The maximum Gasteiger partial charge on any atom is 0.264 e. The zero-order valence-electron chi connectivity index (χ0n) is 15.8. The molecule has 0 bridgehead atoms. The van der Waals surface area contributed by atoms with Crippen molar-refractivity contribution in [2.75, 3.05) is 11.9 Å². The van der Waals surface area contributed by atoms with E-state index in [4.69, 9.17) is 16.3 Å². The van der Waals surface area contributed by atoms with Crippen LogP contribution >= 0.6 is 34.7 Å². The van der Waals surface area contributed by atoms with Gasteiger partial charge in [0.2, 0.25) is 5.13 Å². The van der Waals surface area contributed by atoms with Crippen LogP contribution in [0.15, 0.2) is 40.7 Å². The summed E-state index contributed by atoms with van der Waals surface area (Å²) in [5.41, 5.74) is 4.33. The van der Waals surface area contributed by atoms with Crippen LogP contribution in [-0.2, 0) is 10.5 Å². The Bertz CT molecular complexity index is 968. The Kier molecular flexibility index (Phi) is 6.93. The molecule has 146 valence electrons. The van der Waals surface area contributed by atoms with E-state index in [2.05, 4.69) is 34.6 Å². The van der Waals surface area contributed by atoms with E-state index in [-0.39, 0.29) is 12.5 Å². The zero-order valence-corrected chi connectivity index (χ0v) is 18.2. The number of thioether (sulfide) groups is 1. The van der Waals surface area contributed by atoms with Gasteiger partial charge in [-0.2, -0.15) is 0 Å². The van der Waals surface area contributed by atoms with Gasteiger partial charge in [0.1, 0.15) is 5.75 Å². The minimum atomic E-state index is -0.281. The summed E-state index contributed by atoms with van der Waals surface area (Å²) in [6.45, 7) is 5.79. The van der Waals surface area contributed by atoms with Crippen molar-refractivity contribution in [3.05, 3.63) is 63.7 Å². The molecule has 0 unspecified atom stereocenters. The number of benzene rings is 2. The second kappa shape index (κ2) is 9.41. The van der Waals surface area contributed by atoms with Crippen molar-refractivity contribution in [1.82, 2.24) is 10.2 Å². The molecule has 1 N–H and O–H groups in total. The Labute approximate surface area is 177 Å². The van der Waals surface area contributed by atoms with Gasteiger partial charge in [0.25, 0.3) is 5.91 Å². The van der Waals surface area contributed by atoms with Gasteiger partial charge in [0.15, 0.2) is 10.9 Å². The molecule has 3 aromatic rings. The van der Waals surface area contributed by atoms with Crippen molar-refractivity contribution in [2.45, 2.75) is 30.9 Å². The van der Waals surface area contributed by atoms with Crippen LogP contribution < -0.4 is 10.1 Å². The van der Waals surface area contributed by atoms with E-state index in [1.165, 1.54) is 22.5 Å². The van der Waals surface area contributed by atoms with Crippen LogP contribution in [0.25, 0.3) is 0 Å². The molecule has 0 atom stereocenters. The van der Waals surface area contributed by atoms with Crippen molar-refractivity contribution < 1.29 is 9.53 Å². The lowest BCUT2D eigenvalue weighted by molar-refractivity contribution is -0.118. The lowest BCUT2D eigenvalue weighted by Crippen LogP contribution is -2.20. The predicted octanol–water partition coefficient (Wildman–Crippen LogP) is 5.43. The third-order valence-electron chi connectivity index (χ3n) is 4.05. The number of rotatable bonds is 7. The number of halogens is 1. The summed E-state index contributed by atoms with van der Waals surface area (Å²) in [6.07, 6.45) is 0. The fourth-order valence-corrected chi connectivity index (χ4v) is 4.48. The standard InChI is InChI=1S/C20H20ClN3O2S2/c1-12-6-4-5-7-15(12)11-27-20-24-23-19(28-20)22-17(25)10-26-16-8-13(2)18(21)14(3)9-16/h4-9H,10-11H2,1-3H3,(H,22,23,25). The van der Waals surface area contributed by atoms with Crippen LogP contribution in [0.5, 0.6) is 5.75 Å². The Morgan fingerprint density at radius 3 is 2.57 bits per heavy atom. The lowest BCUT2D eigenvalue weighted by Gasteiger charge is -2.09. The van der Waals surface area contributed by atoms with Crippen molar-refractivity contribution in [3.8, 4) is 5.75 Å². The predicted molar refractivity (Wildman–Crippen MR) is 116 cm³/mol. The van der Waals surface area contributed by atoms with Crippen molar-refractivity contribution in [3.63, 3.8) is 0 Å². The summed E-state index contributed by atoms with van der Waals surface area (Å²) in [4.78, 5) is 12.1. The van der Waals surface area contributed by atoms with Gasteiger partial charge in [0, 0.05) is 10.8 Å². The molecule has 0 saturated heterocycles. The molecule has 0 fully saturated rings. The molecule has 8 heteroatoms. The highest BCUT2D eigenvalue weighted by atomic mass is 35.5. The fourth-order valence-electron chi connectivity index (χ4n) is 2.52. The first-order valence-electron chi connectivity index (χ1n) is 8.62. The molecular formula is C20H20ClN3O2S2. The molecule has 0 aliphatic heterocycles. The summed E-state index contributed by atoms with van der Waals surface area (Å²) in [5.74, 6) is 1.14. The van der Waals surface area contributed by atoms with Crippen molar-refractivity contribution in [2.24, 2.45) is 0 Å². The van der Waals surface area contributed by atoms with Crippen LogP contribution in [0.4, 0.5) is 5.13 Å². The maximum atomic E-state index is 12.1. The molecule has 0 spiro atoms. The highest BCUT2D eigenvalue weighted by Crippen LogP contribution is 2.29. The van der Waals surface area contributed by atoms with Crippen LogP contribution in [-0.4, -0.2) is 22.7 Å². The van der Waals surface area contributed by atoms with Gasteiger partial charge in [-0.1, -0.05) is 59.0 Å². The first-order chi connectivity index (χ1) is 13.4. The van der Waals surface area contributed by atoms with Crippen LogP contribution in [0.1, 0.15) is 22.3 Å². The molecule has 1 amide bonds. The summed E-state index contributed by atoms with van der Waals surface area (Å²) >= 11 is 9.10. The number of nitrogens with one attached hydrogen (secondary N) is 1. The number of carbonyl (C=O) groups is 1. The normalized spacial score (nSPS) is 10.7. The Morgan fingerprint density at radius 1 is 1.14 bits per heavy atom. The molecular weight excluding hydrogens is 414 g/mol. The Hall–Kier alpha value is -2.09. The molecule has 0 aliphatic carbocycles. The van der Waals surface area contributed by atoms with Gasteiger partial charge in [-0.05, 0) is 55.2 Å². The highest BCUT2D eigenvalue weighted by Gasteiger charge is 2.11. The molecule has 1 heterocycles. The van der Waals surface area contributed by atoms with E-state index in [0.29, 0.717) is 15.9 Å². The topological polar surface area (TPSA) is 64.1 Å². The van der Waals surface area contributed by atoms with Gasteiger partial charge in [0.05, 0.1) is 0 Å². The van der Waals surface area contributed by atoms with Gasteiger partial charge in [-0.15, -0.1) is 10.2 Å². The summed E-state index contributed by atoms with van der Waals surface area (Å²) in [7, 11) is 0. The smallest absolute Gasteiger partial charge is 0.264 e. The van der Waals surface area contributed by atoms with E-state index < -0.39 is 0 Å². The molecule has 28 heavy (non-hydrogen) atoms. The second-order valence-corrected chi connectivity index (χ2v) is 8.87. The average molecular weight is 434 g/mol. The minimum Gasteiger partial charge on any atom is -0.484 e. The zero-order chi connectivity index (χ0) is 20.1. The summed E-state index contributed by atoms with van der Waals surface area (Å²) in [5, 5.41) is 12.1. The third kappa shape index (κ3) is 5.47. The Morgan fingerprint density at radius 2 is 1.86 bits per heavy atom. The summed E-state index contributed by atoms with van der Waals surface area (Å²) < 4.78 is 6.37.